The fraction of sp³-hybridized carbons (Fsp3) is 0.688. The van der Waals surface area contributed by atoms with Crippen LogP contribution in [0, 0.1) is 19.8 Å². The van der Waals surface area contributed by atoms with Crippen molar-refractivity contribution in [1.82, 2.24) is 25.7 Å². The average molecular weight is 323 g/mol. The molecule has 1 aromatic rings. The summed E-state index contributed by atoms with van der Waals surface area (Å²) in [4.78, 5) is 23.1. The van der Waals surface area contributed by atoms with Gasteiger partial charge in [0.05, 0.1) is 5.69 Å². The Labute approximate surface area is 138 Å². The zero-order valence-corrected chi connectivity index (χ0v) is 14.6. The predicted octanol–water partition coefficient (Wildman–Crippen LogP) is 1.35. The molecule has 0 aromatic carbocycles. The van der Waals surface area contributed by atoms with Gasteiger partial charge >= 0.3 is 6.03 Å². The van der Waals surface area contributed by atoms with E-state index in [0.717, 1.165) is 24.4 Å². The molecule has 0 radical (unpaired) electrons. The van der Waals surface area contributed by atoms with Crippen LogP contribution in [0.15, 0.2) is 6.07 Å². The lowest BCUT2D eigenvalue weighted by Crippen LogP contribution is -2.40. The van der Waals surface area contributed by atoms with Crippen molar-refractivity contribution in [3.63, 3.8) is 0 Å². The van der Waals surface area contributed by atoms with E-state index in [4.69, 9.17) is 0 Å². The highest BCUT2D eigenvalue weighted by molar-refractivity contribution is 5.78. The van der Waals surface area contributed by atoms with Crippen molar-refractivity contribution >= 4 is 11.9 Å². The molecule has 0 saturated carbocycles. The highest BCUT2D eigenvalue weighted by Gasteiger charge is 2.09. The zero-order chi connectivity index (χ0) is 17.2. The summed E-state index contributed by atoms with van der Waals surface area (Å²) in [5, 5.41) is 12.7. The van der Waals surface area contributed by atoms with Gasteiger partial charge in [-0.05, 0) is 32.3 Å². The van der Waals surface area contributed by atoms with Gasteiger partial charge in [0.15, 0.2) is 0 Å². The van der Waals surface area contributed by atoms with Gasteiger partial charge in [0.25, 0.3) is 0 Å². The lowest BCUT2D eigenvalue weighted by atomic mass is 10.2. The van der Waals surface area contributed by atoms with Gasteiger partial charge in [0, 0.05) is 38.3 Å². The molecule has 0 fully saturated rings. The standard InChI is InChI=1S/C16H29N5O2/c1-5-7-17-15(22)6-8-18-16(23)19-10-12(2)11-21-14(4)9-13(3)20-21/h9,12H,5-8,10-11H2,1-4H3,(H,17,22)(H2,18,19,23). The zero-order valence-electron chi connectivity index (χ0n) is 14.6. The van der Waals surface area contributed by atoms with Crippen LogP contribution in [0.2, 0.25) is 0 Å². The molecule has 0 aliphatic carbocycles. The highest BCUT2D eigenvalue weighted by Crippen LogP contribution is 2.05. The maximum absolute atomic E-state index is 11.7. The van der Waals surface area contributed by atoms with Crippen molar-refractivity contribution in [3.05, 3.63) is 17.5 Å². The number of urea groups is 1. The van der Waals surface area contributed by atoms with E-state index in [1.54, 1.807) is 0 Å². The molecule has 0 bridgehead atoms. The molecular weight excluding hydrogens is 294 g/mol. The summed E-state index contributed by atoms with van der Waals surface area (Å²) < 4.78 is 1.96. The monoisotopic (exact) mass is 323 g/mol. The third kappa shape index (κ3) is 7.67. The third-order valence-electron chi connectivity index (χ3n) is 3.41. The van der Waals surface area contributed by atoms with Crippen LogP contribution in [0.3, 0.4) is 0 Å². The first-order valence-electron chi connectivity index (χ1n) is 8.21. The number of carbonyl (C=O) groups is 2. The van der Waals surface area contributed by atoms with Crippen LogP contribution < -0.4 is 16.0 Å². The van der Waals surface area contributed by atoms with E-state index in [1.807, 2.05) is 31.5 Å². The van der Waals surface area contributed by atoms with Crippen LogP contribution in [0.1, 0.15) is 38.1 Å². The van der Waals surface area contributed by atoms with E-state index in [9.17, 15) is 9.59 Å². The van der Waals surface area contributed by atoms with Crippen molar-refractivity contribution in [3.8, 4) is 0 Å². The summed E-state index contributed by atoms with van der Waals surface area (Å²) >= 11 is 0. The molecule has 1 rings (SSSR count). The second kappa shape index (κ2) is 9.86. The van der Waals surface area contributed by atoms with E-state index >= 15 is 0 Å². The summed E-state index contributed by atoms with van der Waals surface area (Å²) in [6.45, 7) is 10.4. The molecular formula is C16H29N5O2. The highest BCUT2D eigenvalue weighted by atomic mass is 16.2. The predicted molar refractivity (Wildman–Crippen MR) is 90.2 cm³/mol. The fourth-order valence-electron chi connectivity index (χ4n) is 2.19. The van der Waals surface area contributed by atoms with E-state index in [-0.39, 0.29) is 17.9 Å². The second-order valence-corrected chi connectivity index (χ2v) is 5.95. The molecule has 130 valence electrons. The minimum atomic E-state index is -0.242. The third-order valence-corrected chi connectivity index (χ3v) is 3.41. The Hall–Kier alpha value is -2.05. The van der Waals surface area contributed by atoms with Gasteiger partial charge in [-0.2, -0.15) is 5.10 Å². The number of carbonyl (C=O) groups excluding carboxylic acids is 2. The summed E-state index contributed by atoms with van der Waals surface area (Å²) in [6, 6.07) is 1.80. The summed E-state index contributed by atoms with van der Waals surface area (Å²) in [7, 11) is 0. The number of aromatic nitrogens is 2. The molecule has 1 heterocycles. The van der Waals surface area contributed by atoms with E-state index in [1.165, 1.54) is 0 Å². The lowest BCUT2D eigenvalue weighted by molar-refractivity contribution is -0.120. The van der Waals surface area contributed by atoms with Gasteiger partial charge in [0.2, 0.25) is 5.91 Å². The molecule has 0 aliphatic rings. The van der Waals surface area contributed by atoms with Gasteiger partial charge in [-0.25, -0.2) is 4.79 Å². The summed E-state index contributed by atoms with van der Waals surface area (Å²) in [5.74, 6) is 0.233. The summed E-state index contributed by atoms with van der Waals surface area (Å²) in [5.41, 5.74) is 2.12. The first kappa shape index (κ1) is 19.0. The van der Waals surface area contributed by atoms with Crippen molar-refractivity contribution in [2.75, 3.05) is 19.6 Å². The smallest absolute Gasteiger partial charge is 0.314 e. The first-order chi connectivity index (χ1) is 10.9. The molecule has 3 amide bonds. The molecule has 7 nitrogen and oxygen atoms in total. The topological polar surface area (TPSA) is 88.0 Å². The number of hydrogen-bond donors (Lipinski definition) is 3. The van der Waals surface area contributed by atoms with Gasteiger partial charge in [0.1, 0.15) is 0 Å². The van der Waals surface area contributed by atoms with Gasteiger partial charge in [-0.15, -0.1) is 0 Å². The van der Waals surface area contributed by atoms with Gasteiger partial charge < -0.3 is 16.0 Å². The molecule has 1 atom stereocenters. The average Bonchev–Trinajstić information content (AvgIpc) is 2.80. The number of rotatable bonds is 9. The van der Waals surface area contributed by atoms with Crippen molar-refractivity contribution in [2.45, 2.75) is 47.1 Å². The van der Waals surface area contributed by atoms with Crippen molar-refractivity contribution in [1.29, 1.82) is 0 Å². The Morgan fingerprint density at radius 3 is 2.57 bits per heavy atom. The molecule has 1 unspecified atom stereocenters. The van der Waals surface area contributed by atoms with Gasteiger partial charge in [-0.1, -0.05) is 13.8 Å². The Kier molecular flexibility index (Phi) is 8.15. The van der Waals surface area contributed by atoms with Crippen LogP contribution >= 0.6 is 0 Å². The normalized spacial score (nSPS) is 11.8. The number of nitrogens with one attached hydrogen (secondary N) is 3. The van der Waals surface area contributed by atoms with Crippen molar-refractivity contribution < 1.29 is 9.59 Å². The Morgan fingerprint density at radius 1 is 1.22 bits per heavy atom. The van der Waals surface area contributed by atoms with E-state index in [0.29, 0.717) is 26.1 Å². The number of aryl methyl sites for hydroxylation is 2. The van der Waals surface area contributed by atoms with Crippen LogP contribution in [0.4, 0.5) is 4.79 Å². The van der Waals surface area contributed by atoms with E-state index in [2.05, 4.69) is 28.0 Å². The molecule has 7 heteroatoms. The Bertz CT molecular complexity index is 513. The summed E-state index contributed by atoms with van der Waals surface area (Å²) in [6.07, 6.45) is 1.21. The molecule has 1 aromatic heterocycles. The minimum Gasteiger partial charge on any atom is -0.356 e. The molecule has 3 N–H and O–H groups in total. The fourth-order valence-corrected chi connectivity index (χ4v) is 2.19. The second-order valence-electron chi connectivity index (χ2n) is 5.95. The SMILES string of the molecule is CCCNC(=O)CCNC(=O)NCC(C)Cn1nc(C)cc1C. The van der Waals surface area contributed by atoms with E-state index < -0.39 is 0 Å². The molecule has 0 saturated heterocycles. The number of nitrogens with zero attached hydrogens (tertiary/aromatic N) is 2. The molecule has 0 spiro atoms. The lowest BCUT2D eigenvalue weighted by Gasteiger charge is -2.14. The van der Waals surface area contributed by atoms with Crippen LogP contribution in [0.5, 0.6) is 0 Å². The van der Waals surface area contributed by atoms with Crippen LogP contribution in [0.25, 0.3) is 0 Å². The quantitative estimate of drug-likeness (QED) is 0.641. The first-order valence-corrected chi connectivity index (χ1v) is 8.21. The molecule has 23 heavy (non-hydrogen) atoms. The molecule has 0 aliphatic heterocycles. The Morgan fingerprint density at radius 2 is 1.96 bits per heavy atom. The number of hydrogen-bond acceptors (Lipinski definition) is 3. The Balaban J connectivity index is 2.17. The maximum Gasteiger partial charge on any atom is 0.314 e. The van der Waals surface area contributed by atoms with Crippen LogP contribution in [-0.4, -0.2) is 41.4 Å². The van der Waals surface area contributed by atoms with Crippen molar-refractivity contribution in [2.24, 2.45) is 5.92 Å². The maximum atomic E-state index is 11.7. The minimum absolute atomic E-state index is 0.0370. The van der Waals surface area contributed by atoms with Crippen LogP contribution in [-0.2, 0) is 11.3 Å². The largest absolute Gasteiger partial charge is 0.356 e. The van der Waals surface area contributed by atoms with Gasteiger partial charge in [-0.3, -0.25) is 9.48 Å². The number of amides is 3.